The predicted molar refractivity (Wildman–Crippen MR) is 101 cm³/mol. The maximum atomic E-state index is 11.7. The quantitative estimate of drug-likeness (QED) is 0.337. The molecule has 2 aromatic rings. The fraction of sp³-hybridized carbons (Fsp3) is 0.211. The summed E-state index contributed by atoms with van der Waals surface area (Å²) in [5.74, 6) is -2.28. The van der Waals surface area contributed by atoms with Crippen molar-refractivity contribution >= 4 is 23.5 Å². The second-order valence-corrected chi connectivity index (χ2v) is 5.35. The minimum atomic E-state index is -1.82. The van der Waals surface area contributed by atoms with E-state index in [2.05, 4.69) is 10.6 Å². The fourth-order valence-corrected chi connectivity index (χ4v) is 1.84. The zero-order chi connectivity index (χ0) is 20.8. The molecule has 9 heteroatoms. The van der Waals surface area contributed by atoms with Gasteiger partial charge in [-0.15, -0.1) is 0 Å². The number of hydrogen-bond donors (Lipinski definition) is 5. The number of rotatable bonds is 8. The molecule has 2 aromatic carbocycles. The molecule has 28 heavy (non-hydrogen) atoms. The van der Waals surface area contributed by atoms with Crippen LogP contribution in [0.15, 0.2) is 54.6 Å². The Morgan fingerprint density at radius 3 is 1.96 bits per heavy atom. The number of carboxylic acids is 2. The number of aliphatic carboxylic acids is 2. The maximum absolute atomic E-state index is 11.7. The molecule has 2 rings (SSSR count). The number of aliphatic hydroxyl groups is 1. The molecule has 9 nitrogen and oxygen atoms in total. The highest BCUT2D eigenvalue weighted by Crippen LogP contribution is 2.22. The lowest BCUT2D eigenvalue weighted by Crippen LogP contribution is -2.29. The predicted octanol–water partition coefficient (Wildman–Crippen LogP) is 1.54. The summed E-state index contributed by atoms with van der Waals surface area (Å²) in [4.78, 5) is 29.9. The lowest BCUT2D eigenvalue weighted by Gasteiger charge is -2.08. The fourth-order valence-electron chi connectivity index (χ4n) is 1.84. The third kappa shape index (κ3) is 9.90. The Morgan fingerprint density at radius 1 is 0.857 bits per heavy atom. The number of carbonyl (C=O) groups is 3. The van der Waals surface area contributed by atoms with Gasteiger partial charge in [-0.3, -0.25) is 4.79 Å². The standard InChI is InChI=1S/C17H20N2O3.C2H2O4/c20-12-4-11-18-13-17(21)19-14-7-9-16(10-8-14)22-15-5-2-1-3-6-15;3-1(4)2(5)6/h1-3,5-10,18,20H,4,11-13H2,(H,19,21);(H,3,4)(H,5,6). The molecule has 0 aliphatic heterocycles. The molecule has 0 aliphatic rings. The van der Waals surface area contributed by atoms with Gasteiger partial charge in [0.2, 0.25) is 5.91 Å². The Morgan fingerprint density at radius 2 is 1.43 bits per heavy atom. The van der Waals surface area contributed by atoms with Gasteiger partial charge in [0.1, 0.15) is 11.5 Å². The van der Waals surface area contributed by atoms with E-state index in [9.17, 15) is 4.79 Å². The summed E-state index contributed by atoms with van der Waals surface area (Å²) >= 11 is 0. The average molecular weight is 390 g/mol. The minimum absolute atomic E-state index is 0.116. The molecule has 0 spiro atoms. The number of benzene rings is 2. The van der Waals surface area contributed by atoms with E-state index in [1.807, 2.05) is 42.5 Å². The van der Waals surface area contributed by atoms with Gasteiger partial charge in [-0.05, 0) is 49.4 Å². The van der Waals surface area contributed by atoms with E-state index in [1.54, 1.807) is 12.1 Å². The number of para-hydroxylation sites is 1. The first-order chi connectivity index (χ1) is 13.4. The van der Waals surface area contributed by atoms with E-state index in [0.29, 0.717) is 18.7 Å². The summed E-state index contributed by atoms with van der Waals surface area (Å²) in [5.41, 5.74) is 0.717. The van der Waals surface area contributed by atoms with Gasteiger partial charge in [-0.1, -0.05) is 18.2 Å². The number of carboxylic acid groups (broad SMARTS) is 2. The van der Waals surface area contributed by atoms with Crippen LogP contribution >= 0.6 is 0 Å². The monoisotopic (exact) mass is 390 g/mol. The molecule has 0 saturated carbocycles. The highest BCUT2D eigenvalue weighted by molar-refractivity contribution is 6.27. The molecule has 0 saturated heterocycles. The maximum Gasteiger partial charge on any atom is 0.414 e. The Hall–Kier alpha value is -3.43. The molecule has 0 radical (unpaired) electrons. The molecule has 0 unspecified atom stereocenters. The molecule has 0 bridgehead atoms. The van der Waals surface area contributed by atoms with E-state index in [4.69, 9.17) is 29.6 Å². The number of anilines is 1. The van der Waals surface area contributed by atoms with Crippen molar-refractivity contribution in [3.05, 3.63) is 54.6 Å². The Labute approximate surface area is 161 Å². The van der Waals surface area contributed by atoms with Gasteiger partial charge in [0, 0.05) is 12.3 Å². The van der Waals surface area contributed by atoms with Crippen LogP contribution in [0.3, 0.4) is 0 Å². The van der Waals surface area contributed by atoms with Crippen LogP contribution in [-0.2, 0) is 14.4 Å². The zero-order valence-corrected chi connectivity index (χ0v) is 15.0. The van der Waals surface area contributed by atoms with Gasteiger partial charge >= 0.3 is 11.9 Å². The van der Waals surface area contributed by atoms with Crippen LogP contribution in [0.2, 0.25) is 0 Å². The second kappa shape index (κ2) is 12.8. The Bertz CT molecular complexity index is 737. The Balaban J connectivity index is 0.000000568. The van der Waals surface area contributed by atoms with E-state index in [-0.39, 0.29) is 19.1 Å². The molecule has 150 valence electrons. The first kappa shape index (κ1) is 22.6. The van der Waals surface area contributed by atoms with Crippen LogP contribution in [0.4, 0.5) is 5.69 Å². The third-order valence-electron chi connectivity index (χ3n) is 3.10. The number of hydrogen-bond acceptors (Lipinski definition) is 6. The van der Waals surface area contributed by atoms with Gasteiger partial charge in [-0.25, -0.2) is 9.59 Å². The molecule has 0 aromatic heterocycles. The van der Waals surface area contributed by atoms with Crippen molar-refractivity contribution in [3.8, 4) is 11.5 Å². The van der Waals surface area contributed by atoms with Crippen LogP contribution in [-0.4, -0.2) is 52.9 Å². The second-order valence-electron chi connectivity index (χ2n) is 5.35. The number of ether oxygens (including phenoxy) is 1. The largest absolute Gasteiger partial charge is 0.473 e. The molecule has 0 aliphatic carbocycles. The molecule has 0 atom stereocenters. The van der Waals surface area contributed by atoms with Crippen molar-refractivity contribution in [2.45, 2.75) is 6.42 Å². The molecular formula is C19H22N2O7. The first-order valence-electron chi connectivity index (χ1n) is 8.33. The van der Waals surface area contributed by atoms with E-state index >= 15 is 0 Å². The summed E-state index contributed by atoms with van der Waals surface area (Å²) in [6.45, 7) is 0.966. The minimum Gasteiger partial charge on any atom is -0.473 e. The van der Waals surface area contributed by atoms with Crippen LogP contribution in [0.25, 0.3) is 0 Å². The molecule has 0 heterocycles. The molecule has 0 fully saturated rings. The van der Waals surface area contributed by atoms with Crippen LogP contribution in [0.5, 0.6) is 11.5 Å². The smallest absolute Gasteiger partial charge is 0.414 e. The number of aliphatic hydroxyl groups excluding tert-OH is 1. The average Bonchev–Trinajstić information content (AvgIpc) is 2.68. The SMILES string of the molecule is O=C(CNCCCO)Nc1ccc(Oc2ccccc2)cc1.O=C(O)C(=O)O. The van der Waals surface area contributed by atoms with Gasteiger partial charge < -0.3 is 30.7 Å². The van der Waals surface area contributed by atoms with Gasteiger partial charge in [0.25, 0.3) is 0 Å². The number of amides is 1. The highest BCUT2D eigenvalue weighted by Gasteiger charge is 2.04. The molecule has 1 amide bonds. The van der Waals surface area contributed by atoms with Gasteiger partial charge in [-0.2, -0.15) is 0 Å². The highest BCUT2D eigenvalue weighted by atomic mass is 16.5. The van der Waals surface area contributed by atoms with Crippen molar-refractivity contribution in [1.82, 2.24) is 5.32 Å². The van der Waals surface area contributed by atoms with Crippen molar-refractivity contribution in [1.29, 1.82) is 0 Å². The molecule has 5 N–H and O–H groups in total. The van der Waals surface area contributed by atoms with E-state index in [1.165, 1.54) is 0 Å². The summed E-state index contributed by atoms with van der Waals surface area (Å²) < 4.78 is 5.68. The summed E-state index contributed by atoms with van der Waals surface area (Å²) in [6.07, 6.45) is 0.638. The topological polar surface area (TPSA) is 145 Å². The summed E-state index contributed by atoms with van der Waals surface area (Å²) in [7, 11) is 0. The van der Waals surface area contributed by atoms with Crippen LogP contribution < -0.4 is 15.4 Å². The lowest BCUT2D eigenvalue weighted by atomic mass is 10.3. The zero-order valence-electron chi connectivity index (χ0n) is 15.0. The van der Waals surface area contributed by atoms with E-state index in [0.717, 1.165) is 11.4 Å². The number of nitrogens with one attached hydrogen (secondary N) is 2. The van der Waals surface area contributed by atoms with Crippen molar-refractivity contribution in [2.75, 3.05) is 25.0 Å². The van der Waals surface area contributed by atoms with Crippen molar-refractivity contribution in [2.24, 2.45) is 0 Å². The normalized spacial score (nSPS) is 9.61. The van der Waals surface area contributed by atoms with Crippen LogP contribution in [0.1, 0.15) is 6.42 Å². The summed E-state index contributed by atoms with van der Waals surface area (Å²) in [5, 5.41) is 29.2. The van der Waals surface area contributed by atoms with Crippen molar-refractivity contribution in [3.63, 3.8) is 0 Å². The van der Waals surface area contributed by atoms with Crippen LogP contribution in [0, 0.1) is 0 Å². The number of carbonyl (C=O) groups excluding carboxylic acids is 1. The van der Waals surface area contributed by atoms with Gasteiger partial charge in [0.15, 0.2) is 0 Å². The lowest BCUT2D eigenvalue weighted by molar-refractivity contribution is -0.159. The third-order valence-corrected chi connectivity index (χ3v) is 3.10. The summed E-state index contributed by atoms with van der Waals surface area (Å²) in [6, 6.07) is 16.7. The van der Waals surface area contributed by atoms with Crippen molar-refractivity contribution < 1.29 is 34.4 Å². The molecular weight excluding hydrogens is 368 g/mol. The van der Waals surface area contributed by atoms with Gasteiger partial charge in [0.05, 0.1) is 6.54 Å². The van der Waals surface area contributed by atoms with E-state index < -0.39 is 11.9 Å². The first-order valence-corrected chi connectivity index (χ1v) is 8.33. The Kier molecular flexibility index (Phi) is 10.4.